The Morgan fingerprint density at radius 2 is 1.75 bits per heavy atom. The number of pyridine rings is 1. The average molecular weight is 721 g/mol. The van der Waals surface area contributed by atoms with Gasteiger partial charge in [-0.05, 0) is 56.5 Å². The Kier molecular flexibility index (Phi) is 9.68. The molecule has 2 saturated heterocycles. The summed E-state index contributed by atoms with van der Waals surface area (Å²) in [5.41, 5.74) is 2.07. The maximum absolute atomic E-state index is 13.4. The molecular weight excluding hydrogens is 676 g/mol. The predicted octanol–water partition coefficient (Wildman–Crippen LogP) is 3.24. The fraction of sp³-hybridized carbons (Fsp3) is 0.421. The Morgan fingerprint density at radius 1 is 0.981 bits per heavy atom. The number of fused-ring (bicyclic) bond motifs is 2. The van der Waals surface area contributed by atoms with Gasteiger partial charge in [0.25, 0.3) is 17.4 Å². The van der Waals surface area contributed by atoms with E-state index in [9.17, 15) is 24.0 Å². The first-order valence-electron chi connectivity index (χ1n) is 18.1. The number of anilines is 2. The number of amides is 4. The van der Waals surface area contributed by atoms with Crippen molar-refractivity contribution in [1.29, 1.82) is 0 Å². The summed E-state index contributed by atoms with van der Waals surface area (Å²) in [5, 5.41) is 9.46. The molecule has 0 radical (unpaired) electrons. The van der Waals surface area contributed by atoms with E-state index in [0.29, 0.717) is 41.6 Å². The summed E-state index contributed by atoms with van der Waals surface area (Å²) < 4.78 is 3.33. The van der Waals surface area contributed by atoms with Crippen LogP contribution in [0.3, 0.4) is 0 Å². The molecule has 3 N–H and O–H groups in total. The van der Waals surface area contributed by atoms with Crippen molar-refractivity contribution in [2.24, 2.45) is 0 Å². The lowest BCUT2D eigenvalue weighted by Crippen LogP contribution is -2.54. The number of imide groups is 2. The van der Waals surface area contributed by atoms with Gasteiger partial charge in [-0.25, -0.2) is 19.3 Å². The number of carbonyl (C=O) groups excluding carboxylic acids is 4. The molecule has 3 aliphatic heterocycles. The highest BCUT2D eigenvalue weighted by Gasteiger charge is 2.45. The number of nitrogens with one attached hydrogen (secondary N) is 3. The van der Waals surface area contributed by atoms with E-state index >= 15 is 0 Å². The van der Waals surface area contributed by atoms with Crippen LogP contribution in [0.2, 0.25) is 0 Å². The smallest absolute Gasteiger partial charge is 0.278 e. The molecule has 276 valence electrons. The van der Waals surface area contributed by atoms with Gasteiger partial charge < -0.3 is 15.5 Å². The van der Waals surface area contributed by atoms with E-state index in [1.165, 1.54) is 0 Å². The molecule has 15 heteroatoms. The van der Waals surface area contributed by atoms with Crippen LogP contribution in [-0.2, 0) is 21.5 Å². The molecule has 1 atom stereocenters. The summed E-state index contributed by atoms with van der Waals surface area (Å²) in [6.45, 7) is 13.6. The number of likely N-dealkylation sites (tertiary alicyclic amines) is 1. The van der Waals surface area contributed by atoms with Gasteiger partial charge in [0.05, 0.1) is 17.7 Å². The minimum absolute atomic E-state index is 0.0749. The van der Waals surface area contributed by atoms with Crippen LogP contribution in [0.25, 0.3) is 16.9 Å². The highest BCUT2D eigenvalue weighted by Crippen LogP contribution is 2.32. The first-order chi connectivity index (χ1) is 25.4. The number of benzene rings is 1. The molecule has 0 spiro atoms. The minimum atomic E-state index is -1.00. The molecule has 0 saturated carbocycles. The van der Waals surface area contributed by atoms with Crippen LogP contribution in [-0.4, -0.2) is 96.0 Å². The summed E-state index contributed by atoms with van der Waals surface area (Å²) in [4.78, 5) is 81.6. The van der Waals surface area contributed by atoms with Gasteiger partial charge in [-0.1, -0.05) is 39.0 Å². The van der Waals surface area contributed by atoms with Gasteiger partial charge in [0.15, 0.2) is 11.5 Å². The van der Waals surface area contributed by atoms with Crippen molar-refractivity contribution in [2.75, 3.05) is 36.8 Å². The highest BCUT2D eigenvalue weighted by molar-refractivity contribution is 6.25. The first kappa shape index (κ1) is 35.7. The highest BCUT2D eigenvalue weighted by atomic mass is 16.2. The number of piperidine rings is 2. The van der Waals surface area contributed by atoms with E-state index in [2.05, 4.69) is 53.2 Å². The van der Waals surface area contributed by atoms with Crippen molar-refractivity contribution < 1.29 is 19.2 Å². The van der Waals surface area contributed by atoms with E-state index < -0.39 is 29.7 Å². The predicted molar refractivity (Wildman–Crippen MR) is 199 cm³/mol. The molecule has 7 rings (SSSR count). The van der Waals surface area contributed by atoms with Gasteiger partial charge in [-0.2, -0.15) is 4.98 Å². The van der Waals surface area contributed by atoms with Gasteiger partial charge in [-0.15, -0.1) is 6.58 Å². The minimum Gasteiger partial charge on any atom is -0.384 e. The zero-order chi connectivity index (χ0) is 37.4. The fourth-order valence-electron chi connectivity index (χ4n) is 7.25. The number of hydrogen-bond donors (Lipinski definition) is 3. The van der Waals surface area contributed by atoms with Crippen molar-refractivity contribution in [3.8, 4) is 5.82 Å². The topological polar surface area (TPSA) is 176 Å². The number of carbonyl (C=O) groups is 4. The van der Waals surface area contributed by atoms with E-state index in [1.54, 1.807) is 39.8 Å². The second-order valence-electron chi connectivity index (χ2n) is 14.8. The van der Waals surface area contributed by atoms with Gasteiger partial charge >= 0.3 is 0 Å². The number of rotatable bonds is 11. The molecule has 3 aromatic heterocycles. The summed E-state index contributed by atoms with van der Waals surface area (Å²) in [5.74, 6) is -1.02. The third kappa shape index (κ3) is 6.95. The molecule has 2 fully saturated rings. The van der Waals surface area contributed by atoms with Crippen LogP contribution in [0.4, 0.5) is 11.6 Å². The molecule has 4 aromatic rings. The van der Waals surface area contributed by atoms with Crippen LogP contribution in [0.15, 0.2) is 60.0 Å². The number of nitrogens with zero attached hydrogens (tertiary/aromatic N) is 7. The Bertz CT molecular complexity index is 2180. The van der Waals surface area contributed by atoms with Crippen LogP contribution in [0.5, 0.6) is 0 Å². The van der Waals surface area contributed by atoms with Crippen molar-refractivity contribution in [3.63, 3.8) is 0 Å². The molecule has 0 aliphatic carbocycles. The van der Waals surface area contributed by atoms with Gasteiger partial charge in [-0.3, -0.25) is 34.2 Å². The maximum atomic E-state index is 13.4. The Morgan fingerprint density at radius 3 is 2.49 bits per heavy atom. The summed E-state index contributed by atoms with van der Waals surface area (Å²) in [6, 6.07) is 10.0. The van der Waals surface area contributed by atoms with Crippen molar-refractivity contribution in [2.45, 2.75) is 76.9 Å². The lowest BCUT2D eigenvalue weighted by molar-refractivity contribution is -0.136. The second-order valence-corrected chi connectivity index (χ2v) is 14.8. The number of hydrogen-bond acceptors (Lipinski definition) is 11. The van der Waals surface area contributed by atoms with Gasteiger partial charge in [0.2, 0.25) is 17.8 Å². The molecule has 6 heterocycles. The monoisotopic (exact) mass is 720 g/mol. The van der Waals surface area contributed by atoms with Crippen LogP contribution in [0.1, 0.15) is 79.3 Å². The van der Waals surface area contributed by atoms with Crippen LogP contribution < -0.4 is 21.5 Å². The van der Waals surface area contributed by atoms with Crippen molar-refractivity contribution in [1.82, 2.24) is 39.4 Å². The van der Waals surface area contributed by atoms with E-state index in [0.717, 1.165) is 49.5 Å². The van der Waals surface area contributed by atoms with Crippen LogP contribution in [0, 0.1) is 0 Å². The second kappa shape index (κ2) is 14.4. The summed E-state index contributed by atoms with van der Waals surface area (Å²) >= 11 is 0. The van der Waals surface area contributed by atoms with E-state index in [4.69, 9.17) is 9.97 Å². The van der Waals surface area contributed by atoms with Gasteiger partial charge in [0, 0.05) is 55.1 Å². The van der Waals surface area contributed by atoms with Gasteiger partial charge in [0.1, 0.15) is 11.4 Å². The average Bonchev–Trinajstić information content (AvgIpc) is 3.55. The fourth-order valence-corrected chi connectivity index (χ4v) is 7.25. The molecule has 15 nitrogen and oxygen atoms in total. The molecule has 3 aliphatic rings. The number of allylic oxidation sites excluding steroid dienone is 1. The standard InChI is InChI=1S/C38H44N10O5/c1-5-18-46-34(51)25-22-40-37(44-32(25)48(46)29-12-7-11-28(42-29)38(2,3)4)41-23-15-20-45(21-16-23)19-8-17-39-26-10-6-9-24-31(26)36(53)47(35(24)52)27-13-14-30(49)43-33(27)50/h5-7,9-12,22-23,27,39H,1,8,13-21H2,2-4H3,(H,40,41,44)(H,43,49,50). The Hall–Kier alpha value is -5.70. The van der Waals surface area contributed by atoms with Crippen molar-refractivity contribution in [3.05, 3.63) is 82.4 Å². The summed E-state index contributed by atoms with van der Waals surface area (Å²) in [6.07, 6.45) is 6.02. The normalized spacial score (nSPS) is 18.4. The molecular formula is C38H44N10O5. The third-order valence-corrected chi connectivity index (χ3v) is 10.1. The third-order valence-electron chi connectivity index (χ3n) is 10.1. The van der Waals surface area contributed by atoms with Crippen LogP contribution >= 0.6 is 0 Å². The molecule has 1 unspecified atom stereocenters. The summed E-state index contributed by atoms with van der Waals surface area (Å²) in [7, 11) is 0. The maximum Gasteiger partial charge on any atom is 0.278 e. The first-order valence-corrected chi connectivity index (χ1v) is 18.1. The zero-order valence-corrected chi connectivity index (χ0v) is 30.2. The molecule has 1 aromatic carbocycles. The largest absolute Gasteiger partial charge is 0.384 e. The lowest BCUT2D eigenvalue weighted by Gasteiger charge is -2.32. The lowest BCUT2D eigenvalue weighted by atomic mass is 9.92. The SMILES string of the molecule is C=CCn1c(=O)c2cnc(NC3CCN(CCCNc4cccc5c4C(=O)N(C4CCC(=O)NC4=O)C5=O)CC3)nc2n1-c1cccc(C(C)(C)C)n1. The van der Waals surface area contributed by atoms with E-state index in [-0.39, 0.29) is 41.0 Å². The Balaban J connectivity index is 0.951. The zero-order valence-electron chi connectivity index (χ0n) is 30.2. The van der Waals surface area contributed by atoms with E-state index in [1.807, 2.05) is 18.2 Å². The quantitative estimate of drug-likeness (QED) is 0.118. The molecule has 4 amide bonds. The molecule has 0 bridgehead atoms. The van der Waals surface area contributed by atoms with Crippen molar-refractivity contribution >= 4 is 46.3 Å². The molecule has 53 heavy (non-hydrogen) atoms. The Labute approximate surface area is 306 Å². The number of aromatic nitrogens is 5.